The molecule has 0 radical (unpaired) electrons. The van der Waals surface area contributed by atoms with Crippen LogP contribution in [-0.2, 0) is 11.8 Å². The molecule has 0 atom stereocenters. The maximum Gasteiger partial charge on any atom is 0.269 e. The van der Waals surface area contributed by atoms with Gasteiger partial charge in [0.05, 0.1) is 16.8 Å². The fourth-order valence-corrected chi connectivity index (χ4v) is 3.33. The van der Waals surface area contributed by atoms with Crippen molar-refractivity contribution in [1.82, 2.24) is 20.4 Å². The summed E-state index contributed by atoms with van der Waals surface area (Å²) in [7, 11) is 1.87. The van der Waals surface area contributed by atoms with E-state index in [1.54, 1.807) is 36.4 Å². The van der Waals surface area contributed by atoms with Gasteiger partial charge >= 0.3 is 0 Å². The van der Waals surface area contributed by atoms with E-state index >= 15 is 0 Å². The number of rotatable bonds is 4. The van der Waals surface area contributed by atoms with E-state index in [2.05, 4.69) is 15.8 Å². The maximum atomic E-state index is 12.0. The molecule has 0 aliphatic rings. The van der Waals surface area contributed by atoms with Crippen molar-refractivity contribution in [2.24, 2.45) is 7.05 Å². The Morgan fingerprint density at radius 1 is 1.08 bits per heavy atom. The van der Waals surface area contributed by atoms with Gasteiger partial charge < -0.3 is 4.57 Å². The third-order valence-corrected chi connectivity index (χ3v) is 5.07. The van der Waals surface area contributed by atoms with E-state index in [1.165, 1.54) is 11.8 Å². The van der Waals surface area contributed by atoms with E-state index < -0.39 is 5.91 Å². The molecule has 0 aliphatic heterocycles. The fourth-order valence-electron chi connectivity index (χ4n) is 2.25. The summed E-state index contributed by atoms with van der Waals surface area (Å²) in [6, 6.07) is 11.8. The Morgan fingerprint density at radius 2 is 1.77 bits per heavy atom. The Morgan fingerprint density at radius 3 is 2.50 bits per heavy atom. The first-order chi connectivity index (χ1) is 12.4. The second-order valence-corrected chi connectivity index (χ2v) is 7.20. The van der Waals surface area contributed by atoms with Crippen molar-refractivity contribution in [2.45, 2.75) is 5.16 Å². The molecule has 0 aliphatic carbocycles. The fraction of sp³-hybridized carbons (Fsp3) is 0.118. The summed E-state index contributed by atoms with van der Waals surface area (Å²) in [4.78, 5) is 28.4. The molecule has 0 saturated heterocycles. The third kappa shape index (κ3) is 4.30. The second kappa shape index (κ2) is 7.99. The number of amides is 2. The first-order valence-corrected chi connectivity index (χ1v) is 9.28. The number of nitrogens with zero attached hydrogens (tertiary/aromatic N) is 2. The van der Waals surface area contributed by atoms with Crippen LogP contribution in [0.15, 0.2) is 47.6 Å². The molecule has 0 unspecified atom stereocenters. The standard InChI is InChI=1S/C17H14Cl2N4O2S/c1-23-14-7-6-12(19)8-13(14)20-17(23)26-9-15(24)21-22-16(25)10-2-4-11(18)5-3-10/h2-8H,9H2,1H3,(H,21,24)(H,22,25). The minimum absolute atomic E-state index is 0.103. The van der Waals surface area contributed by atoms with Crippen molar-refractivity contribution in [3.8, 4) is 0 Å². The molecule has 0 bridgehead atoms. The van der Waals surface area contributed by atoms with Gasteiger partial charge in [-0.15, -0.1) is 0 Å². The van der Waals surface area contributed by atoms with Gasteiger partial charge in [0, 0.05) is 22.7 Å². The number of aryl methyl sites for hydroxylation is 1. The van der Waals surface area contributed by atoms with Crippen LogP contribution in [0.4, 0.5) is 0 Å². The zero-order chi connectivity index (χ0) is 18.7. The number of halogens is 2. The lowest BCUT2D eigenvalue weighted by Crippen LogP contribution is -2.42. The van der Waals surface area contributed by atoms with E-state index in [0.717, 1.165) is 11.0 Å². The molecule has 2 amide bonds. The van der Waals surface area contributed by atoms with E-state index in [1.807, 2.05) is 17.7 Å². The van der Waals surface area contributed by atoms with Crippen molar-refractivity contribution in [3.63, 3.8) is 0 Å². The van der Waals surface area contributed by atoms with Crippen molar-refractivity contribution in [1.29, 1.82) is 0 Å². The number of thioether (sulfide) groups is 1. The minimum atomic E-state index is -0.419. The third-order valence-electron chi connectivity index (χ3n) is 3.56. The van der Waals surface area contributed by atoms with Gasteiger partial charge in [0.1, 0.15) is 0 Å². The predicted octanol–water partition coefficient (Wildman–Crippen LogP) is 3.43. The molecule has 3 aromatic rings. The molecule has 9 heteroatoms. The summed E-state index contributed by atoms with van der Waals surface area (Å²) < 4.78 is 1.88. The number of hydrogen-bond acceptors (Lipinski definition) is 4. The van der Waals surface area contributed by atoms with Crippen LogP contribution in [0.25, 0.3) is 11.0 Å². The highest BCUT2D eigenvalue weighted by atomic mass is 35.5. The van der Waals surface area contributed by atoms with Gasteiger partial charge in [0.25, 0.3) is 5.91 Å². The van der Waals surface area contributed by atoms with Crippen LogP contribution in [0.5, 0.6) is 0 Å². The van der Waals surface area contributed by atoms with Crippen molar-refractivity contribution in [2.75, 3.05) is 5.75 Å². The second-order valence-electron chi connectivity index (χ2n) is 5.38. The average molecular weight is 409 g/mol. The predicted molar refractivity (Wildman–Crippen MR) is 104 cm³/mol. The number of hydrazine groups is 1. The van der Waals surface area contributed by atoms with Gasteiger partial charge in [-0.1, -0.05) is 35.0 Å². The molecule has 0 spiro atoms. The summed E-state index contributed by atoms with van der Waals surface area (Å²) in [5.41, 5.74) is 6.83. The molecule has 2 aromatic carbocycles. The highest BCUT2D eigenvalue weighted by molar-refractivity contribution is 7.99. The highest BCUT2D eigenvalue weighted by Crippen LogP contribution is 2.24. The van der Waals surface area contributed by atoms with E-state index in [9.17, 15) is 9.59 Å². The lowest BCUT2D eigenvalue weighted by Gasteiger charge is -2.07. The zero-order valence-electron chi connectivity index (χ0n) is 13.6. The highest BCUT2D eigenvalue weighted by Gasteiger charge is 2.12. The van der Waals surface area contributed by atoms with E-state index in [-0.39, 0.29) is 11.7 Å². The normalized spacial score (nSPS) is 10.7. The van der Waals surface area contributed by atoms with E-state index in [4.69, 9.17) is 23.2 Å². The maximum absolute atomic E-state index is 12.0. The SMILES string of the molecule is Cn1c(SCC(=O)NNC(=O)c2ccc(Cl)cc2)nc2cc(Cl)ccc21. The smallest absolute Gasteiger partial charge is 0.269 e. The molecule has 0 saturated carbocycles. The number of fused-ring (bicyclic) bond motifs is 1. The number of hydrogen-bond donors (Lipinski definition) is 2. The average Bonchev–Trinajstić information content (AvgIpc) is 2.93. The van der Waals surface area contributed by atoms with Crippen molar-refractivity contribution < 1.29 is 9.59 Å². The van der Waals surface area contributed by atoms with Crippen LogP contribution in [-0.4, -0.2) is 27.1 Å². The lowest BCUT2D eigenvalue weighted by atomic mass is 10.2. The summed E-state index contributed by atoms with van der Waals surface area (Å²) >= 11 is 13.0. The van der Waals surface area contributed by atoms with Crippen LogP contribution in [0.3, 0.4) is 0 Å². The number of imidazole rings is 1. The Balaban J connectivity index is 1.55. The minimum Gasteiger partial charge on any atom is -0.322 e. The largest absolute Gasteiger partial charge is 0.322 e. The first-order valence-electron chi connectivity index (χ1n) is 7.53. The molecule has 1 heterocycles. The molecular weight excluding hydrogens is 395 g/mol. The van der Waals surface area contributed by atoms with Crippen LogP contribution in [0, 0.1) is 0 Å². The molecule has 26 heavy (non-hydrogen) atoms. The Bertz CT molecular complexity index is 973. The number of aromatic nitrogens is 2. The van der Waals surface area contributed by atoms with Crippen LogP contribution >= 0.6 is 35.0 Å². The Kier molecular flexibility index (Phi) is 5.70. The van der Waals surface area contributed by atoms with Crippen LogP contribution in [0.1, 0.15) is 10.4 Å². The zero-order valence-corrected chi connectivity index (χ0v) is 16.0. The Labute approximate surface area is 163 Å². The summed E-state index contributed by atoms with van der Waals surface area (Å²) in [5.74, 6) is -0.661. The van der Waals surface area contributed by atoms with Gasteiger partial charge in [-0.3, -0.25) is 20.4 Å². The van der Waals surface area contributed by atoms with Crippen LogP contribution in [0.2, 0.25) is 10.0 Å². The number of nitrogens with one attached hydrogen (secondary N) is 2. The molecular formula is C17H14Cl2N4O2S. The topological polar surface area (TPSA) is 76.0 Å². The first kappa shape index (κ1) is 18.6. The molecule has 1 aromatic heterocycles. The van der Waals surface area contributed by atoms with Crippen molar-refractivity contribution in [3.05, 3.63) is 58.1 Å². The summed E-state index contributed by atoms with van der Waals surface area (Å²) in [6.45, 7) is 0. The van der Waals surface area contributed by atoms with Crippen LogP contribution < -0.4 is 10.9 Å². The molecule has 3 rings (SSSR count). The molecule has 6 nitrogen and oxygen atoms in total. The lowest BCUT2D eigenvalue weighted by molar-refractivity contribution is -0.119. The van der Waals surface area contributed by atoms with Gasteiger partial charge in [-0.05, 0) is 42.5 Å². The summed E-state index contributed by atoms with van der Waals surface area (Å²) in [6.07, 6.45) is 0. The quantitative estimate of drug-likeness (QED) is 0.512. The number of benzene rings is 2. The van der Waals surface area contributed by atoms with Gasteiger partial charge in [0.2, 0.25) is 5.91 Å². The van der Waals surface area contributed by atoms with Gasteiger partial charge in [0.15, 0.2) is 5.16 Å². The summed E-state index contributed by atoms with van der Waals surface area (Å²) in [5, 5.41) is 1.82. The number of carbonyl (C=O) groups excluding carboxylic acids is 2. The Hall–Kier alpha value is -2.22. The van der Waals surface area contributed by atoms with E-state index in [0.29, 0.717) is 20.8 Å². The molecule has 2 N–H and O–H groups in total. The molecule has 134 valence electrons. The van der Waals surface area contributed by atoms with Crippen molar-refractivity contribution >= 4 is 57.8 Å². The monoisotopic (exact) mass is 408 g/mol. The van der Waals surface area contributed by atoms with Gasteiger partial charge in [-0.25, -0.2) is 4.98 Å². The van der Waals surface area contributed by atoms with Gasteiger partial charge in [-0.2, -0.15) is 0 Å². The molecule has 0 fully saturated rings. The number of carbonyl (C=O) groups is 2.